The predicted molar refractivity (Wildman–Crippen MR) is 129 cm³/mol. The number of benzene rings is 2. The fourth-order valence-corrected chi connectivity index (χ4v) is 4.64. The summed E-state index contributed by atoms with van der Waals surface area (Å²) in [5.74, 6) is 2.35. The normalized spacial score (nSPS) is 13.6. The molecule has 0 radical (unpaired) electrons. The van der Waals surface area contributed by atoms with Crippen molar-refractivity contribution in [3.63, 3.8) is 0 Å². The summed E-state index contributed by atoms with van der Waals surface area (Å²) in [5, 5.41) is 7.15. The lowest BCUT2D eigenvalue weighted by molar-refractivity contribution is -0.117. The summed E-state index contributed by atoms with van der Waals surface area (Å²) in [6.07, 6.45) is 2.62. The molecule has 29 heavy (non-hydrogen) atoms. The fourth-order valence-electron chi connectivity index (χ4n) is 3.39. The van der Waals surface area contributed by atoms with Crippen LogP contribution in [0.2, 0.25) is 0 Å². The Hall–Kier alpha value is -2.05. The number of hydrogen-bond donors (Lipinski definition) is 2. The van der Waals surface area contributed by atoms with Crippen LogP contribution in [0.3, 0.4) is 0 Å². The van der Waals surface area contributed by atoms with E-state index >= 15 is 0 Å². The van der Waals surface area contributed by atoms with Crippen LogP contribution in [0.15, 0.2) is 42.5 Å². The van der Waals surface area contributed by atoms with Gasteiger partial charge in [-0.1, -0.05) is 30.3 Å². The van der Waals surface area contributed by atoms with Crippen molar-refractivity contribution in [3.05, 3.63) is 59.2 Å². The summed E-state index contributed by atoms with van der Waals surface area (Å²) in [6.45, 7) is 5.84. The molecule has 2 aromatic carbocycles. The highest BCUT2D eigenvalue weighted by atomic mass is 32.2. The predicted octanol–water partition coefficient (Wildman–Crippen LogP) is 5.04. The van der Waals surface area contributed by atoms with Crippen LogP contribution in [0.4, 0.5) is 11.4 Å². The van der Waals surface area contributed by atoms with Gasteiger partial charge in [0.2, 0.25) is 5.91 Å². The van der Waals surface area contributed by atoms with Crippen molar-refractivity contribution in [2.24, 2.45) is 0 Å². The molecular formula is C23H29N3OS2. The van der Waals surface area contributed by atoms with E-state index in [0.717, 1.165) is 54.4 Å². The molecule has 2 N–H and O–H groups in total. The van der Waals surface area contributed by atoms with Crippen LogP contribution >= 0.6 is 24.0 Å². The Kier molecular flexibility index (Phi) is 7.95. The van der Waals surface area contributed by atoms with E-state index in [4.69, 9.17) is 12.2 Å². The molecule has 1 fully saturated rings. The van der Waals surface area contributed by atoms with Crippen LogP contribution in [0.25, 0.3) is 0 Å². The standard InChI is InChI=1S/C23H29N3OS2/c1-17-7-3-4-8-19(17)16-29-14-6-12-24-23(28)25-20-11-10-18(2)21(15-20)26-13-5-9-22(26)27/h3-4,7-8,10-11,15H,5-6,9,12-14,16H2,1-2H3,(H2,24,25,28). The second kappa shape index (κ2) is 10.6. The minimum absolute atomic E-state index is 0.203. The van der Waals surface area contributed by atoms with Crippen molar-refractivity contribution in [1.82, 2.24) is 5.32 Å². The maximum Gasteiger partial charge on any atom is 0.227 e. The summed E-state index contributed by atoms with van der Waals surface area (Å²) in [7, 11) is 0. The number of carbonyl (C=O) groups excluding carboxylic acids is 1. The smallest absolute Gasteiger partial charge is 0.227 e. The van der Waals surface area contributed by atoms with Gasteiger partial charge < -0.3 is 15.5 Å². The second-order valence-electron chi connectivity index (χ2n) is 7.36. The maximum absolute atomic E-state index is 12.1. The molecule has 0 aromatic heterocycles. The molecule has 4 nitrogen and oxygen atoms in total. The molecular weight excluding hydrogens is 398 g/mol. The van der Waals surface area contributed by atoms with E-state index in [0.29, 0.717) is 11.5 Å². The van der Waals surface area contributed by atoms with Gasteiger partial charge in [-0.2, -0.15) is 11.8 Å². The van der Waals surface area contributed by atoms with E-state index in [1.165, 1.54) is 11.1 Å². The van der Waals surface area contributed by atoms with Crippen molar-refractivity contribution < 1.29 is 4.79 Å². The third-order valence-corrected chi connectivity index (χ3v) is 6.44. The Bertz CT molecular complexity index is 869. The molecule has 0 spiro atoms. The fraction of sp³-hybridized carbons (Fsp3) is 0.391. The Balaban J connectivity index is 1.39. The van der Waals surface area contributed by atoms with Gasteiger partial charge in [0, 0.05) is 36.6 Å². The van der Waals surface area contributed by atoms with Gasteiger partial charge in [0.15, 0.2) is 5.11 Å². The van der Waals surface area contributed by atoms with Gasteiger partial charge in [-0.3, -0.25) is 4.79 Å². The average Bonchev–Trinajstić information content (AvgIpc) is 3.13. The molecule has 2 aromatic rings. The largest absolute Gasteiger partial charge is 0.362 e. The van der Waals surface area contributed by atoms with Crippen LogP contribution < -0.4 is 15.5 Å². The van der Waals surface area contributed by atoms with E-state index in [9.17, 15) is 4.79 Å². The molecule has 1 amide bonds. The number of aryl methyl sites for hydroxylation is 2. The highest BCUT2D eigenvalue weighted by Gasteiger charge is 2.23. The SMILES string of the molecule is Cc1ccccc1CSCCCNC(=S)Nc1ccc(C)c(N2CCCC2=O)c1. The molecule has 1 aliphatic heterocycles. The van der Waals surface area contributed by atoms with Crippen LogP contribution in [0.5, 0.6) is 0 Å². The van der Waals surface area contributed by atoms with Gasteiger partial charge in [-0.15, -0.1) is 0 Å². The third kappa shape index (κ3) is 6.21. The third-order valence-electron chi connectivity index (χ3n) is 5.10. The summed E-state index contributed by atoms with van der Waals surface area (Å²) in [5.41, 5.74) is 5.77. The summed E-state index contributed by atoms with van der Waals surface area (Å²) >= 11 is 7.39. The summed E-state index contributed by atoms with van der Waals surface area (Å²) < 4.78 is 0. The van der Waals surface area contributed by atoms with Crippen molar-refractivity contribution >= 4 is 46.4 Å². The van der Waals surface area contributed by atoms with Crippen LogP contribution in [-0.2, 0) is 10.5 Å². The van der Waals surface area contributed by atoms with Gasteiger partial charge in [0.1, 0.15) is 0 Å². The van der Waals surface area contributed by atoms with E-state index in [-0.39, 0.29) is 5.91 Å². The number of thioether (sulfide) groups is 1. The van der Waals surface area contributed by atoms with Gasteiger partial charge >= 0.3 is 0 Å². The monoisotopic (exact) mass is 427 g/mol. The number of carbonyl (C=O) groups is 1. The Morgan fingerprint density at radius 1 is 1.17 bits per heavy atom. The molecule has 154 valence electrons. The van der Waals surface area contributed by atoms with Crippen LogP contribution in [0.1, 0.15) is 36.0 Å². The Labute approximate surface area is 183 Å². The van der Waals surface area contributed by atoms with Crippen LogP contribution in [-0.4, -0.2) is 29.9 Å². The highest BCUT2D eigenvalue weighted by Crippen LogP contribution is 2.28. The lowest BCUT2D eigenvalue weighted by atomic mass is 10.1. The zero-order valence-corrected chi connectivity index (χ0v) is 18.8. The molecule has 6 heteroatoms. The molecule has 1 aliphatic rings. The molecule has 0 bridgehead atoms. The zero-order valence-electron chi connectivity index (χ0n) is 17.2. The number of nitrogens with one attached hydrogen (secondary N) is 2. The van der Waals surface area contributed by atoms with Crippen LogP contribution in [0, 0.1) is 13.8 Å². The first kappa shape index (κ1) is 21.7. The minimum Gasteiger partial charge on any atom is -0.362 e. The first-order chi connectivity index (χ1) is 14.0. The van der Waals surface area contributed by atoms with Gasteiger partial charge in [-0.05, 0) is 73.5 Å². The van der Waals surface area contributed by atoms with E-state index < -0.39 is 0 Å². The van der Waals surface area contributed by atoms with Crippen molar-refractivity contribution in [2.75, 3.05) is 29.1 Å². The molecule has 0 aliphatic carbocycles. The van der Waals surface area contributed by atoms with Crippen molar-refractivity contribution in [2.45, 2.75) is 38.9 Å². The van der Waals surface area contributed by atoms with Gasteiger partial charge in [0.25, 0.3) is 0 Å². The molecule has 0 atom stereocenters. The number of anilines is 2. The number of hydrogen-bond acceptors (Lipinski definition) is 3. The Morgan fingerprint density at radius 3 is 2.76 bits per heavy atom. The van der Waals surface area contributed by atoms with Crippen molar-refractivity contribution in [3.8, 4) is 0 Å². The van der Waals surface area contributed by atoms with Crippen molar-refractivity contribution in [1.29, 1.82) is 0 Å². The first-order valence-corrected chi connectivity index (χ1v) is 11.7. The maximum atomic E-state index is 12.1. The molecule has 1 heterocycles. The molecule has 0 unspecified atom stereocenters. The quantitative estimate of drug-likeness (QED) is 0.456. The first-order valence-electron chi connectivity index (χ1n) is 10.1. The zero-order chi connectivity index (χ0) is 20.6. The molecule has 3 rings (SSSR count). The van der Waals surface area contributed by atoms with E-state index in [1.54, 1.807) is 0 Å². The molecule has 1 saturated heterocycles. The Morgan fingerprint density at radius 2 is 2.00 bits per heavy atom. The minimum atomic E-state index is 0.203. The number of amides is 1. The topological polar surface area (TPSA) is 44.4 Å². The summed E-state index contributed by atoms with van der Waals surface area (Å²) in [4.78, 5) is 13.9. The van der Waals surface area contributed by atoms with Gasteiger partial charge in [-0.25, -0.2) is 0 Å². The number of nitrogens with zero attached hydrogens (tertiary/aromatic N) is 1. The lowest BCUT2D eigenvalue weighted by Gasteiger charge is -2.20. The average molecular weight is 428 g/mol. The number of rotatable bonds is 8. The van der Waals surface area contributed by atoms with E-state index in [2.05, 4.69) is 41.8 Å². The number of thiocarbonyl (C=S) groups is 1. The molecule has 0 saturated carbocycles. The van der Waals surface area contributed by atoms with E-state index in [1.807, 2.05) is 41.8 Å². The highest BCUT2D eigenvalue weighted by molar-refractivity contribution is 7.98. The van der Waals surface area contributed by atoms with Gasteiger partial charge in [0.05, 0.1) is 0 Å². The summed E-state index contributed by atoms with van der Waals surface area (Å²) in [6, 6.07) is 14.6. The lowest BCUT2D eigenvalue weighted by Crippen LogP contribution is -2.30. The second-order valence-corrected chi connectivity index (χ2v) is 8.88.